The van der Waals surface area contributed by atoms with Gasteiger partial charge >= 0.3 is 6.09 Å². The van der Waals surface area contributed by atoms with Gasteiger partial charge in [-0.05, 0) is 45.7 Å². The molecule has 0 aliphatic carbocycles. The Morgan fingerprint density at radius 2 is 2.04 bits per heavy atom. The van der Waals surface area contributed by atoms with Gasteiger partial charge in [-0.1, -0.05) is 15.9 Å². The largest absolute Gasteiger partial charge is 0.444 e. The number of carbonyl (C=O) groups is 1. The van der Waals surface area contributed by atoms with Gasteiger partial charge in [0.05, 0.1) is 0 Å². The number of oxazole rings is 1. The standard InChI is InChI=1S/C17H20BrFN2O3/c1-17(2,3)24-16(22)21-6-4-10(5-7-21)15-20-13-9-11(18)8-12(19)14(13)23-15/h8-10H,4-7H2,1-3H3. The van der Waals surface area contributed by atoms with Gasteiger partial charge in [-0.15, -0.1) is 0 Å². The Balaban J connectivity index is 1.69. The lowest BCUT2D eigenvalue weighted by atomic mass is 9.97. The molecule has 0 atom stereocenters. The lowest BCUT2D eigenvalue weighted by Gasteiger charge is -2.32. The van der Waals surface area contributed by atoms with Crippen LogP contribution in [0.2, 0.25) is 0 Å². The van der Waals surface area contributed by atoms with Crippen LogP contribution in [0.5, 0.6) is 0 Å². The lowest BCUT2D eigenvalue weighted by Crippen LogP contribution is -2.41. The number of rotatable bonds is 1. The van der Waals surface area contributed by atoms with Crippen LogP contribution in [0.25, 0.3) is 11.1 Å². The number of carbonyl (C=O) groups excluding carboxylic acids is 1. The minimum Gasteiger partial charge on any atom is -0.444 e. The summed E-state index contributed by atoms with van der Waals surface area (Å²) in [7, 11) is 0. The predicted molar refractivity (Wildman–Crippen MR) is 91.4 cm³/mol. The summed E-state index contributed by atoms with van der Waals surface area (Å²) in [5.74, 6) is 0.185. The fourth-order valence-electron chi connectivity index (χ4n) is 2.79. The van der Waals surface area contributed by atoms with E-state index in [9.17, 15) is 9.18 Å². The van der Waals surface area contributed by atoms with Crippen LogP contribution in [-0.2, 0) is 4.74 Å². The first kappa shape index (κ1) is 17.2. The zero-order valence-corrected chi connectivity index (χ0v) is 15.5. The van der Waals surface area contributed by atoms with Crippen molar-refractivity contribution in [3.05, 3.63) is 28.3 Å². The van der Waals surface area contributed by atoms with Crippen LogP contribution in [0.3, 0.4) is 0 Å². The summed E-state index contributed by atoms with van der Waals surface area (Å²) >= 11 is 3.26. The summed E-state index contributed by atoms with van der Waals surface area (Å²) < 4.78 is 25.6. The van der Waals surface area contributed by atoms with Crippen molar-refractivity contribution in [2.45, 2.75) is 45.1 Å². The first-order chi connectivity index (χ1) is 11.2. The van der Waals surface area contributed by atoms with Crippen LogP contribution in [0.15, 0.2) is 21.0 Å². The fraction of sp³-hybridized carbons (Fsp3) is 0.529. The van der Waals surface area contributed by atoms with Crippen molar-refractivity contribution in [1.82, 2.24) is 9.88 Å². The third kappa shape index (κ3) is 3.71. The van der Waals surface area contributed by atoms with Gasteiger partial charge in [0.25, 0.3) is 0 Å². The van der Waals surface area contributed by atoms with Crippen molar-refractivity contribution in [2.75, 3.05) is 13.1 Å². The summed E-state index contributed by atoms with van der Waals surface area (Å²) in [6, 6.07) is 3.10. The molecule has 1 fully saturated rings. The number of nitrogens with zero attached hydrogens (tertiary/aromatic N) is 2. The molecule has 1 amide bonds. The number of piperidine rings is 1. The summed E-state index contributed by atoms with van der Waals surface area (Å²) in [6.07, 6.45) is 1.14. The third-order valence-electron chi connectivity index (χ3n) is 3.92. The molecule has 0 spiro atoms. The van der Waals surface area contributed by atoms with Crippen LogP contribution in [-0.4, -0.2) is 34.7 Å². The first-order valence-corrected chi connectivity index (χ1v) is 8.75. The van der Waals surface area contributed by atoms with Crippen LogP contribution in [0, 0.1) is 5.82 Å². The molecule has 1 saturated heterocycles. The predicted octanol–water partition coefficient (Wildman–Crippen LogP) is 4.84. The van der Waals surface area contributed by atoms with Crippen LogP contribution >= 0.6 is 15.9 Å². The molecule has 0 N–H and O–H groups in total. The molecule has 0 saturated carbocycles. The van der Waals surface area contributed by atoms with Crippen molar-refractivity contribution in [3.63, 3.8) is 0 Å². The smallest absolute Gasteiger partial charge is 0.410 e. The third-order valence-corrected chi connectivity index (χ3v) is 4.38. The van der Waals surface area contributed by atoms with E-state index >= 15 is 0 Å². The Morgan fingerprint density at radius 1 is 1.38 bits per heavy atom. The molecule has 3 rings (SSSR count). The molecule has 0 radical (unpaired) electrons. The molecule has 2 heterocycles. The van der Waals surface area contributed by atoms with Gasteiger partial charge in [0.15, 0.2) is 17.3 Å². The molecule has 1 aromatic carbocycles. The van der Waals surface area contributed by atoms with Gasteiger partial charge in [-0.2, -0.15) is 0 Å². The van der Waals surface area contributed by atoms with Crippen molar-refractivity contribution >= 4 is 33.1 Å². The van der Waals surface area contributed by atoms with Gasteiger partial charge in [0.1, 0.15) is 11.1 Å². The minimum atomic E-state index is -0.501. The number of aromatic nitrogens is 1. The van der Waals surface area contributed by atoms with Gasteiger partial charge in [0, 0.05) is 23.5 Å². The highest BCUT2D eigenvalue weighted by Crippen LogP contribution is 2.32. The molecular formula is C17H20BrFN2O3. The number of halogens is 2. The number of hydrogen-bond acceptors (Lipinski definition) is 4. The SMILES string of the molecule is CC(C)(C)OC(=O)N1CCC(c2nc3cc(Br)cc(F)c3o2)CC1. The van der Waals surface area contributed by atoms with Crippen molar-refractivity contribution in [2.24, 2.45) is 0 Å². The highest BCUT2D eigenvalue weighted by molar-refractivity contribution is 9.10. The molecule has 0 unspecified atom stereocenters. The number of likely N-dealkylation sites (tertiary alicyclic amines) is 1. The van der Waals surface area contributed by atoms with Gasteiger partial charge in [0.2, 0.25) is 0 Å². The summed E-state index contributed by atoms with van der Waals surface area (Å²) in [5, 5.41) is 0. The van der Waals surface area contributed by atoms with Crippen molar-refractivity contribution in [1.29, 1.82) is 0 Å². The summed E-state index contributed by atoms with van der Waals surface area (Å²) in [5.41, 5.74) is 0.188. The Morgan fingerprint density at radius 3 is 2.67 bits per heavy atom. The van der Waals surface area contributed by atoms with E-state index in [4.69, 9.17) is 9.15 Å². The van der Waals surface area contributed by atoms with E-state index in [-0.39, 0.29) is 17.6 Å². The highest BCUT2D eigenvalue weighted by Gasteiger charge is 2.30. The van der Waals surface area contributed by atoms with Gasteiger partial charge in [-0.25, -0.2) is 14.2 Å². The Hall–Kier alpha value is -1.63. The second kappa shape index (κ2) is 6.35. The molecule has 7 heteroatoms. The number of fused-ring (bicyclic) bond motifs is 1. The Labute approximate surface area is 148 Å². The molecule has 1 aromatic heterocycles. The summed E-state index contributed by atoms with van der Waals surface area (Å²) in [4.78, 5) is 18.2. The number of amides is 1. The monoisotopic (exact) mass is 398 g/mol. The average Bonchev–Trinajstić information content (AvgIpc) is 2.90. The Kier molecular flexibility index (Phi) is 4.55. The molecule has 24 heavy (non-hydrogen) atoms. The van der Waals surface area contributed by atoms with Crippen molar-refractivity contribution in [3.8, 4) is 0 Å². The van der Waals surface area contributed by atoms with Gasteiger partial charge in [-0.3, -0.25) is 0 Å². The lowest BCUT2D eigenvalue weighted by molar-refractivity contribution is 0.0199. The van der Waals surface area contributed by atoms with E-state index in [1.807, 2.05) is 20.8 Å². The number of benzene rings is 1. The second-order valence-electron chi connectivity index (χ2n) is 7.03. The van der Waals surface area contributed by atoms with E-state index in [1.54, 1.807) is 11.0 Å². The van der Waals surface area contributed by atoms with E-state index in [1.165, 1.54) is 6.07 Å². The minimum absolute atomic E-state index is 0.0780. The first-order valence-electron chi connectivity index (χ1n) is 7.96. The van der Waals surface area contributed by atoms with E-state index in [0.717, 1.165) is 12.8 Å². The maximum atomic E-state index is 13.9. The quantitative estimate of drug-likeness (QED) is 0.689. The molecule has 130 valence electrons. The number of ether oxygens (including phenoxy) is 1. The van der Waals surface area contributed by atoms with Crippen LogP contribution < -0.4 is 0 Å². The van der Waals surface area contributed by atoms with Crippen LogP contribution in [0.4, 0.5) is 9.18 Å². The van der Waals surface area contributed by atoms with E-state index < -0.39 is 11.4 Å². The zero-order chi connectivity index (χ0) is 17.5. The summed E-state index contributed by atoms with van der Waals surface area (Å²) in [6.45, 7) is 6.70. The molecule has 2 aromatic rings. The fourth-order valence-corrected chi connectivity index (χ4v) is 3.20. The van der Waals surface area contributed by atoms with Crippen LogP contribution in [0.1, 0.15) is 45.4 Å². The topological polar surface area (TPSA) is 55.6 Å². The van der Waals surface area contributed by atoms with E-state index in [2.05, 4.69) is 20.9 Å². The Bertz CT molecular complexity index is 761. The maximum Gasteiger partial charge on any atom is 0.410 e. The van der Waals surface area contributed by atoms with Crippen molar-refractivity contribution < 1.29 is 18.3 Å². The zero-order valence-electron chi connectivity index (χ0n) is 13.9. The van der Waals surface area contributed by atoms with Gasteiger partial charge < -0.3 is 14.1 Å². The molecule has 1 aliphatic heterocycles. The average molecular weight is 399 g/mol. The molecule has 5 nitrogen and oxygen atoms in total. The van der Waals surface area contributed by atoms with E-state index in [0.29, 0.717) is 29.0 Å². The number of hydrogen-bond donors (Lipinski definition) is 0. The molecular weight excluding hydrogens is 379 g/mol. The maximum absolute atomic E-state index is 13.9. The molecule has 1 aliphatic rings. The highest BCUT2D eigenvalue weighted by atomic mass is 79.9. The normalized spacial score (nSPS) is 16.6. The second-order valence-corrected chi connectivity index (χ2v) is 7.95. The molecule has 0 bridgehead atoms.